The molecule has 104 valence electrons. The van der Waals surface area contributed by atoms with E-state index in [0.717, 1.165) is 21.6 Å². The summed E-state index contributed by atoms with van der Waals surface area (Å²) in [6.07, 6.45) is 0. The monoisotopic (exact) mass is 335 g/mol. The molecule has 0 radical (unpaired) electrons. The zero-order valence-corrected chi connectivity index (χ0v) is 12.4. The highest BCUT2D eigenvalue weighted by molar-refractivity contribution is 9.10. The number of benzene rings is 2. The van der Waals surface area contributed by atoms with Crippen LogP contribution in [0.4, 0.5) is 17.1 Å². The van der Waals surface area contributed by atoms with Crippen LogP contribution in [0.5, 0.6) is 5.75 Å². The van der Waals surface area contributed by atoms with Gasteiger partial charge < -0.3 is 21.5 Å². The normalized spacial score (nSPS) is 10.1. The van der Waals surface area contributed by atoms with Gasteiger partial charge in [-0.1, -0.05) is 0 Å². The molecule has 6 heteroatoms. The number of primary amides is 1. The van der Waals surface area contributed by atoms with Crippen LogP contribution in [0.2, 0.25) is 0 Å². The summed E-state index contributed by atoms with van der Waals surface area (Å²) in [6, 6.07) is 10.6. The molecule has 0 aliphatic rings. The molecule has 0 spiro atoms. The Morgan fingerprint density at radius 1 is 1.20 bits per heavy atom. The summed E-state index contributed by atoms with van der Waals surface area (Å²) < 4.78 is 5.99. The van der Waals surface area contributed by atoms with E-state index in [-0.39, 0.29) is 0 Å². The van der Waals surface area contributed by atoms with E-state index in [0.29, 0.717) is 11.3 Å². The number of methoxy groups -OCH3 is 1. The maximum absolute atomic E-state index is 11.3. The third-order valence-corrected chi connectivity index (χ3v) is 3.38. The molecule has 0 saturated carbocycles. The first-order chi connectivity index (χ1) is 9.51. The second kappa shape index (κ2) is 5.83. The summed E-state index contributed by atoms with van der Waals surface area (Å²) in [6.45, 7) is 0. The Kier molecular flexibility index (Phi) is 4.14. The lowest BCUT2D eigenvalue weighted by Crippen LogP contribution is -2.13. The minimum atomic E-state index is -0.554. The minimum absolute atomic E-state index is 0.294. The van der Waals surface area contributed by atoms with Crippen molar-refractivity contribution in [2.45, 2.75) is 0 Å². The molecular formula is C14H14BrN3O2. The molecule has 0 saturated heterocycles. The van der Waals surface area contributed by atoms with Crippen LogP contribution in [-0.2, 0) is 0 Å². The van der Waals surface area contributed by atoms with Crippen LogP contribution in [0.1, 0.15) is 10.4 Å². The molecule has 5 nitrogen and oxygen atoms in total. The van der Waals surface area contributed by atoms with Crippen LogP contribution in [0.15, 0.2) is 40.9 Å². The Hall–Kier alpha value is -2.21. The van der Waals surface area contributed by atoms with E-state index in [1.807, 2.05) is 18.2 Å². The zero-order valence-electron chi connectivity index (χ0n) is 10.8. The molecule has 0 atom stereocenters. The van der Waals surface area contributed by atoms with Gasteiger partial charge in [0.25, 0.3) is 5.91 Å². The van der Waals surface area contributed by atoms with E-state index >= 15 is 0 Å². The van der Waals surface area contributed by atoms with E-state index in [1.165, 1.54) is 0 Å². The van der Waals surface area contributed by atoms with Crippen molar-refractivity contribution in [3.8, 4) is 5.75 Å². The number of rotatable bonds is 4. The van der Waals surface area contributed by atoms with Crippen LogP contribution in [-0.4, -0.2) is 13.0 Å². The quantitative estimate of drug-likeness (QED) is 0.749. The van der Waals surface area contributed by atoms with Gasteiger partial charge in [-0.15, -0.1) is 0 Å². The van der Waals surface area contributed by atoms with E-state index in [2.05, 4.69) is 21.2 Å². The number of amides is 1. The molecule has 0 unspecified atom stereocenters. The molecule has 0 heterocycles. The molecule has 0 aliphatic heterocycles. The predicted molar refractivity (Wildman–Crippen MR) is 83.3 cm³/mol. The Labute approximate surface area is 125 Å². The Balaban J connectivity index is 2.28. The molecular weight excluding hydrogens is 322 g/mol. The van der Waals surface area contributed by atoms with Crippen LogP contribution in [0.3, 0.4) is 0 Å². The fourth-order valence-electron chi connectivity index (χ4n) is 1.76. The van der Waals surface area contributed by atoms with Crippen LogP contribution in [0.25, 0.3) is 0 Å². The summed E-state index contributed by atoms with van der Waals surface area (Å²) in [4.78, 5) is 11.3. The Morgan fingerprint density at radius 2 is 1.85 bits per heavy atom. The molecule has 2 aromatic carbocycles. The highest BCUT2D eigenvalue weighted by Crippen LogP contribution is 2.29. The molecule has 2 aromatic rings. The van der Waals surface area contributed by atoms with Crippen molar-refractivity contribution in [1.29, 1.82) is 0 Å². The standard InChI is InChI=1S/C14H14BrN3O2/c1-20-13-5-3-9(7-11(13)15)18-8-2-4-12(16)10(6-8)14(17)19/h2-7,18H,16H2,1H3,(H2,17,19). The fraction of sp³-hybridized carbons (Fsp3) is 0.0714. The highest BCUT2D eigenvalue weighted by atomic mass is 79.9. The number of ether oxygens (including phenoxy) is 1. The molecule has 20 heavy (non-hydrogen) atoms. The number of nitrogens with one attached hydrogen (secondary N) is 1. The first kappa shape index (κ1) is 14.2. The largest absolute Gasteiger partial charge is 0.496 e. The number of anilines is 3. The van der Waals surface area contributed by atoms with Gasteiger partial charge in [-0.2, -0.15) is 0 Å². The second-order valence-electron chi connectivity index (χ2n) is 4.14. The van der Waals surface area contributed by atoms with Crippen molar-refractivity contribution >= 4 is 38.9 Å². The second-order valence-corrected chi connectivity index (χ2v) is 4.99. The van der Waals surface area contributed by atoms with E-state index < -0.39 is 5.91 Å². The first-order valence-electron chi connectivity index (χ1n) is 5.81. The fourth-order valence-corrected chi connectivity index (χ4v) is 2.30. The summed E-state index contributed by atoms with van der Waals surface area (Å²) in [5.74, 6) is 0.188. The molecule has 0 bridgehead atoms. The summed E-state index contributed by atoms with van der Waals surface area (Å²) in [5.41, 5.74) is 13.2. The van der Waals surface area contributed by atoms with Crippen molar-refractivity contribution in [1.82, 2.24) is 0 Å². The molecule has 5 N–H and O–H groups in total. The molecule has 1 amide bonds. The van der Waals surface area contributed by atoms with E-state index in [1.54, 1.807) is 25.3 Å². The zero-order chi connectivity index (χ0) is 14.7. The maximum Gasteiger partial charge on any atom is 0.250 e. The smallest absolute Gasteiger partial charge is 0.250 e. The summed E-state index contributed by atoms with van der Waals surface area (Å²) >= 11 is 3.41. The number of carbonyl (C=O) groups is 1. The third-order valence-electron chi connectivity index (χ3n) is 2.76. The van der Waals surface area contributed by atoms with Crippen molar-refractivity contribution in [3.05, 3.63) is 46.4 Å². The van der Waals surface area contributed by atoms with Gasteiger partial charge in [0, 0.05) is 17.1 Å². The van der Waals surface area contributed by atoms with Gasteiger partial charge in [-0.05, 0) is 52.3 Å². The van der Waals surface area contributed by atoms with Gasteiger partial charge in [0.2, 0.25) is 0 Å². The molecule has 0 aromatic heterocycles. The van der Waals surface area contributed by atoms with E-state index in [4.69, 9.17) is 16.2 Å². The van der Waals surface area contributed by atoms with Crippen LogP contribution in [0, 0.1) is 0 Å². The Morgan fingerprint density at radius 3 is 2.45 bits per heavy atom. The van der Waals surface area contributed by atoms with Crippen molar-refractivity contribution in [3.63, 3.8) is 0 Å². The lowest BCUT2D eigenvalue weighted by molar-refractivity contribution is 0.100. The van der Waals surface area contributed by atoms with Crippen molar-refractivity contribution < 1.29 is 9.53 Å². The van der Waals surface area contributed by atoms with Gasteiger partial charge in [-0.3, -0.25) is 4.79 Å². The van der Waals surface area contributed by atoms with Crippen LogP contribution < -0.4 is 21.5 Å². The number of halogens is 1. The van der Waals surface area contributed by atoms with Crippen LogP contribution >= 0.6 is 15.9 Å². The predicted octanol–water partition coefficient (Wildman–Crippen LogP) is 2.88. The number of hydrogen-bond acceptors (Lipinski definition) is 4. The average Bonchev–Trinajstić information content (AvgIpc) is 2.41. The van der Waals surface area contributed by atoms with Gasteiger partial charge in [0.15, 0.2) is 0 Å². The van der Waals surface area contributed by atoms with Gasteiger partial charge >= 0.3 is 0 Å². The number of hydrogen-bond donors (Lipinski definition) is 3. The lowest BCUT2D eigenvalue weighted by Gasteiger charge is -2.11. The van der Waals surface area contributed by atoms with Gasteiger partial charge in [0.05, 0.1) is 17.1 Å². The van der Waals surface area contributed by atoms with Gasteiger partial charge in [0.1, 0.15) is 5.75 Å². The number of nitrogen functional groups attached to an aromatic ring is 1. The summed E-state index contributed by atoms with van der Waals surface area (Å²) in [5, 5.41) is 3.17. The summed E-state index contributed by atoms with van der Waals surface area (Å²) in [7, 11) is 1.60. The average molecular weight is 336 g/mol. The Bertz CT molecular complexity index is 659. The SMILES string of the molecule is COc1ccc(Nc2ccc(N)c(C(N)=O)c2)cc1Br. The maximum atomic E-state index is 11.3. The van der Waals surface area contributed by atoms with Crippen molar-refractivity contribution in [2.24, 2.45) is 5.73 Å². The van der Waals surface area contributed by atoms with Crippen molar-refractivity contribution in [2.75, 3.05) is 18.2 Å². The number of nitrogens with two attached hydrogens (primary N) is 2. The number of carbonyl (C=O) groups excluding carboxylic acids is 1. The molecule has 0 fully saturated rings. The third kappa shape index (κ3) is 3.03. The molecule has 2 rings (SSSR count). The molecule has 0 aliphatic carbocycles. The van der Waals surface area contributed by atoms with Gasteiger partial charge in [-0.25, -0.2) is 0 Å². The first-order valence-corrected chi connectivity index (χ1v) is 6.60. The van der Waals surface area contributed by atoms with E-state index in [9.17, 15) is 4.79 Å². The highest BCUT2D eigenvalue weighted by Gasteiger charge is 2.07. The topological polar surface area (TPSA) is 90.4 Å². The lowest BCUT2D eigenvalue weighted by atomic mass is 10.1. The minimum Gasteiger partial charge on any atom is -0.496 e.